The Hall–Kier alpha value is -0.650. The molecule has 0 saturated heterocycles. The number of carbonyl (C=O) groups is 1. The number of carbonyl (C=O) groups excluding carboxylic acids is 1. The molecule has 0 aromatic rings. The van der Waals surface area contributed by atoms with E-state index < -0.39 is 6.04 Å². The second kappa shape index (κ2) is 6.50. The highest BCUT2D eigenvalue weighted by Crippen LogP contribution is 2.36. The van der Waals surface area contributed by atoms with Crippen LogP contribution in [-0.2, 0) is 9.53 Å². The molecule has 0 aromatic heterocycles. The van der Waals surface area contributed by atoms with Crippen molar-refractivity contribution in [3.05, 3.63) is 0 Å². The second-order valence-corrected chi connectivity index (χ2v) is 5.55. The van der Waals surface area contributed by atoms with Gasteiger partial charge in [-0.25, -0.2) is 0 Å². The zero-order valence-electron chi connectivity index (χ0n) is 12.1. The summed E-state index contributed by atoms with van der Waals surface area (Å²) in [5, 5.41) is 0. The lowest BCUT2D eigenvalue weighted by atomic mass is 9.75. The smallest absolute Gasteiger partial charge is 0.239 e. The van der Waals surface area contributed by atoms with Gasteiger partial charge in [0.1, 0.15) is 0 Å². The molecule has 2 N–H and O–H groups in total. The van der Waals surface area contributed by atoms with Crippen LogP contribution in [0.1, 0.15) is 25.7 Å². The minimum Gasteiger partial charge on any atom is -0.385 e. The monoisotopic (exact) mass is 257 g/mol. The van der Waals surface area contributed by atoms with Gasteiger partial charge in [-0.3, -0.25) is 4.79 Å². The van der Waals surface area contributed by atoms with E-state index in [2.05, 4.69) is 19.0 Å². The van der Waals surface area contributed by atoms with Crippen LogP contribution in [0.2, 0.25) is 0 Å². The van der Waals surface area contributed by atoms with E-state index in [4.69, 9.17) is 10.5 Å². The van der Waals surface area contributed by atoms with Crippen molar-refractivity contribution >= 4 is 5.91 Å². The molecule has 106 valence electrons. The normalized spacial score (nSPS) is 19.4. The minimum atomic E-state index is -0.450. The molecule has 1 amide bonds. The summed E-state index contributed by atoms with van der Waals surface area (Å²) in [5.41, 5.74) is 6.03. The Labute approximate surface area is 110 Å². The van der Waals surface area contributed by atoms with E-state index in [1.165, 1.54) is 6.42 Å². The maximum Gasteiger partial charge on any atom is 0.239 e. The summed E-state index contributed by atoms with van der Waals surface area (Å²) >= 11 is 0. The molecule has 1 aliphatic rings. The fraction of sp³-hybridized carbons (Fsp3) is 0.923. The van der Waals surface area contributed by atoms with Crippen LogP contribution in [0.3, 0.4) is 0 Å². The predicted molar refractivity (Wildman–Crippen MR) is 72.4 cm³/mol. The van der Waals surface area contributed by atoms with E-state index in [0.29, 0.717) is 13.0 Å². The van der Waals surface area contributed by atoms with E-state index in [0.717, 1.165) is 19.4 Å². The van der Waals surface area contributed by atoms with Crippen LogP contribution in [-0.4, -0.2) is 68.7 Å². The zero-order valence-corrected chi connectivity index (χ0v) is 12.1. The summed E-state index contributed by atoms with van der Waals surface area (Å²) < 4.78 is 4.95. The number of nitrogens with two attached hydrogens (primary N) is 1. The molecule has 5 heteroatoms. The highest BCUT2D eigenvalue weighted by Gasteiger charge is 2.41. The van der Waals surface area contributed by atoms with Crippen LogP contribution in [0.25, 0.3) is 0 Å². The van der Waals surface area contributed by atoms with Gasteiger partial charge in [-0.1, -0.05) is 0 Å². The van der Waals surface area contributed by atoms with Gasteiger partial charge in [0.05, 0.1) is 6.04 Å². The van der Waals surface area contributed by atoms with Gasteiger partial charge in [0, 0.05) is 32.8 Å². The average molecular weight is 257 g/mol. The lowest BCUT2D eigenvalue weighted by Gasteiger charge is -2.49. The van der Waals surface area contributed by atoms with Crippen molar-refractivity contribution in [3.63, 3.8) is 0 Å². The Morgan fingerprint density at radius 2 is 2.00 bits per heavy atom. The molecule has 18 heavy (non-hydrogen) atoms. The molecule has 0 radical (unpaired) electrons. The van der Waals surface area contributed by atoms with Gasteiger partial charge in [-0.05, 0) is 39.8 Å². The SMILES string of the molecule is COCCC(N)C(=O)N(C)CC1(N(C)C)CCC1. The average Bonchev–Trinajstić information content (AvgIpc) is 2.28. The number of methoxy groups -OCH3 is 1. The third-order valence-electron chi connectivity index (χ3n) is 4.09. The molecule has 1 atom stereocenters. The number of nitrogens with zero attached hydrogens (tertiary/aromatic N) is 2. The van der Waals surface area contributed by atoms with E-state index in [9.17, 15) is 4.79 Å². The number of ether oxygens (including phenoxy) is 1. The first-order valence-corrected chi connectivity index (χ1v) is 6.60. The number of hydrogen-bond acceptors (Lipinski definition) is 4. The van der Waals surface area contributed by atoms with Crippen molar-refractivity contribution in [2.24, 2.45) is 5.73 Å². The van der Waals surface area contributed by atoms with E-state index in [1.54, 1.807) is 12.0 Å². The number of likely N-dealkylation sites (N-methyl/N-ethyl adjacent to an activating group) is 2. The van der Waals surface area contributed by atoms with Gasteiger partial charge in [-0.2, -0.15) is 0 Å². The molecule has 1 rings (SSSR count). The van der Waals surface area contributed by atoms with Gasteiger partial charge in [0.2, 0.25) is 5.91 Å². The third kappa shape index (κ3) is 3.43. The largest absolute Gasteiger partial charge is 0.385 e. The summed E-state index contributed by atoms with van der Waals surface area (Å²) in [6, 6.07) is -0.450. The van der Waals surface area contributed by atoms with Crippen molar-refractivity contribution in [2.45, 2.75) is 37.3 Å². The Balaban J connectivity index is 2.48. The number of rotatable bonds is 7. The van der Waals surface area contributed by atoms with Gasteiger partial charge < -0.3 is 20.3 Å². The van der Waals surface area contributed by atoms with Crippen LogP contribution in [0.5, 0.6) is 0 Å². The van der Waals surface area contributed by atoms with Crippen molar-refractivity contribution < 1.29 is 9.53 Å². The second-order valence-electron chi connectivity index (χ2n) is 5.55. The Morgan fingerprint density at radius 1 is 1.39 bits per heavy atom. The summed E-state index contributed by atoms with van der Waals surface area (Å²) in [6.07, 6.45) is 4.14. The Kier molecular flexibility index (Phi) is 5.56. The maximum absolute atomic E-state index is 12.1. The minimum absolute atomic E-state index is 0.0141. The van der Waals surface area contributed by atoms with Crippen molar-refractivity contribution in [2.75, 3.05) is 41.4 Å². The highest BCUT2D eigenvalue weighted by molar-refractivity contribution is 5.81. The van der Waals surface area contributed by atoms with Gasteiger partial charge in [0.25, 0.3) is 0 Å². The summed E-state index contributed by atoms with van der Waals surface area (Å²) in [6.45, 7) is 1.29. The summed E-state index contributed by atoms with van der Waals surface area (Å²) in [4.78, 5) is 16.1. The van der Waals surface area contributed by atoms with Crippen molar-refractivity contribution in [1.29, 1.82) is 0 Å². The van der Waals surface area contributed by atoms with Gasteiger partial charge >= 0.3 is 0 Å². The standard InChI is InChI=1S/C13H27N3O2/c1-15(2)13(7-5-8-13)10-16(3)12(17)11(14)6-9-18-4/h11H,5-10,14H2,1-4H3. The van der Waals surface area contributed by atoms with E-state index >= 15 is 0 Å². The van der Waals surface area contributed by atoms with Gasteiger partial charge in [-0.15, -0.1) is 0 Å². The first-order valence-electron chi connectivity index (χ1n) is 6.60. The molecule has 1 unspecified atom stereocenters. The molecule has 0 aromatic carbocycles. The topological polar surface area (TPSA) is 58.8 Å². The molecule has 5 nitrogen and oxygen atoms in total. The third-order valence-corrected chi connectivity index (χ3v) is 4.09. The fourth-order valence-electron chi connectivity index (χ4n) is 2.50. The van der Waals surface area contributed by atoms with Crippen LogP contribution >= 0.6 is 0 Å². The Morgan fingerprint density at radius 3 is 2.39 bits per heavy atom. The zero-order chi connectivity index (χ0) is 13.8. The van der Waals surface area contributed by atoms with Crippen molar-refractivity contribution in [3.8, 4) is 0 Å². The summed E-state index contributed by atoms with van der Waals surface area (Å²) in [7, 11) is 7.64. The van der Waals surface area contributed by atoms with Crippen molar-refractivity contribution in [1.82, 2.24) is 9.80 Å². The van der Waals surface area contributed by atoms with Crippen LogP contribution in [0.4, 0.5) is 0 Å². The Bertz CT molecular complexity index is 277. The molecular weight excluding hydrogens is 230 g/mol. The summed E-state index contributed by atoms with van der Waals surface area (Å²) in [5.74, 6) is 0.0141. The lowest BCUT2D eigenvalue weighted by Crippen LogP contribution is -2.59. The quantitative estimate of drug-likeness (QED) is 0.712. The molecule has 0 bridgehead atoms. The molecule has 1 saturated carbocycles. The van der Waals surface area contributed by atoms with Gasteiger partial charge in [0.15, 0.2) is 0 Å². The molecule has 0 aliphatic heterocycles. The number of hydrogen-bond donors (Lipinski definition) is 1. The molecule has 1 fully saturated rings. The molecule has 0 heterocycles. The van der Waals surface area contributed by atoms with E-state index in [-0.39, 0.29) is 11.4 Å². The highest BCUT2D eigenvalue weighted by atomic mass is 16.5. The van der Waals surface area contributed by atoms with E-state index in [1.807, 2.05) is 7.05 Å². The van der Waals surface area contributed by atoms with Crippen LogP contribution in [0, 0.1) is 0 Å². The first kappa shape index (κ1) is 15.4. The molecule has 1 aliphatic carbocycles. The first-order chi connectivity index (χ1) is 8.43. The van der Waals surface area contributed by atoms with Crippen LogP contribution in [0.15, 0.2) is 0 Å². The fourth-order valence-corrected chi connectivity index (χ4v) is 2.50. The predicted octanol–water partition coefficient (Wildman–Crippen LogP) is 0.293. The lowest BCUT2D eigenvalue weighted by molar-refractivity contribution is -0.134. The number of amides is 1. The molecular formula is C13H27N3O2. The maximum atomic E-state index is 12.1. The molecule has 0 spiro atoms. The van der Waals surface area contributed by atoms with Crippen LogP contribution < -0.4 is 5.73 Å².